The highest BCUT2D eigenvalue weighted by atomic mass is 35.7. The van der Waals surface area contributed by atoms with Crippen LogP contribution in [-0.2, 0) is 60.1 Å². The van der Waals surface area contributed by atoms with E-state index in [2.05, 4.69) is 0 Å². The molecule has 2 aromatic rings. The molecule has 2 heterocycles. The third-order valence-corrected chi connectivity index (χ3v) is 12.2. The van der Waals surface area contributed by atoms with Crippen LogP contribution in [0.15, 0.2) is 48.8 Å². The van der Waals surface area contributed by atoms with Crippen molar-refractivity contribution in [1.29, 1.82) is 0 Å². The maximum Gasteiger partial charge on any atom is 0.226 e. The Morgan fingerprint density at radius 3 is 0.933 bits per heavy atom. The summed E-state index contributed by atoms with van der Waals surface area (Å²) >= 11 is 0. The molecule has 2 rings (SSSR count). The first-order chi connectivity index (χ1) is 13.9. The standard InChI is InChI=1S/C8Cl6O8S8/c9-25(15)3-1(5(27(11)17)21-7(3)29(13)19)23-24-2-4(26(10)16)8(30(14)20)22-6(2)28(12)18. The van der Waals surface area contributed by atoms with E-state index >= 15 is 0 Å². The molecule has 0 aromatic carbocycles. The van der Waals surface area contributed by atoms with Gasteiger partial charge in [0.25, 0.3) is 0 Å². The smallest absolute Gasteiger partial charge is 0.226 e. The van der Waals surface area contributed by atoms with Crippen LogP contribution in [0.25, 0.3) is 0 Å². The first-order valence-electron chi connectivity index (χ1n) is 6.04. The van der Waals surface area contributed by atoms with Gasteiger partial charge in [0.1, 0.15) is 9.79 Å². The SMILES string of the molecule is O=S(Cl)c1oc(S(=O)Cl)c(S(=O)Cl)c1SSc1c(S(=O)Cl)oc(S(=O)Cl)c1S(=O)Cl. The summed E-state index contributed by atoms with van der Waals surface area (Å²) in [5.74, 6) is 0. The molecule has 8 nitrogen and oxygen atoms in total. The molecule has 0 radical (unpaired) electrons. The van der Waals surface area contributed by atoms with Crippen molar-refractivity contribution in [1.82, 2.24) is 0 Å². The summed E-state index contributed by atoms with van der Waals surface area (Å²) in [7, 11) is 20.4. The minimum Gasteiger partial charge on any atom is -0.433 e. The predicted octanol–water partition coefficient (Wildman–Crippen LogP) is 5.24. The zero-order chi connectivity index (χ0) is 22.9. The lowest BCUT2D eigenvalue weighted by Crippen LogP contribution is -1.90. The van der Waals surface area contributed by atoms with Gasteiger partial charge in [-0.3, -0.25) is 0 Å². The van der Waals surface area contributed by atoms with Gasteiger partial charge in [0.15, 0.2) is 60.1 Å². The summed E-state index contributed by atoms with van der Waals surface area (Å²) in [6, 6.07) is 0. The second-order valence-corrected chi connectivity index (χ2v) is 16.4. The van der Waals surface area contributed by atoms with Gasteiger partial charge in [-0.1, -0.05) is 0 Å². The molecule has 0 aliphatic rings. The van der Waals surface area contributed by atoms with Crippen molar-refractivity contribution in [3.63, 3.8) is 0 Å². The molecule has 0 aliphatic carbocycles. The van der Waals surface area contributed by atoms with Crippen LogP contribution in [0.1, 0.15) is 0 Å². The second kappa shape index (κ2) is 12.0. The van der Waals surface area contributed by atoms with Gasteiger partial charge in [0, 0.05) is 0 Å². The molecule has 0 N–H and O–H groups in total. The van der Waals surface area contributed by atoms with Crippen molar-refractivity contribution in [2.45, 2.75) is 40.0 Å². The molecule has 0 saturated heterocycles. The molecule has 0 amide bonds. The summed E-state index contributed by atoms with van der Waals surface area (Å²) in [6.45, 7) is 0. The van der Waals surface area contributed by atoms with Crippen LogP contribution in [0.4, 0.5) is 0 Å². The fourth-order valence-electron chi connectivity index (χ4n) is 1.65. The number of hydrogen-bond donors (Lipinski definition) is 0. The van der Waals surface area contributed by atoms with Crippen molar-refractivity contribution in [2.75, 3.05) is 0 Å². The Morgan fingerprint density at radius 1 is 0.467 bits per heavy atom. The van der Waals surface area contributed by atoms with E-state index < -0.39 is 90.2 Å². The van der Waals surface area contributed by atoms with E-state index in [4.69, 9.17) is 72.9 Å². The van der Waals surface area contributed by atoms with Gasteiger partial charge in [-0.25, -0.2) is 25.3 Å². The molecule has 0 fully saturated rings. The molecule has 0 bridgehead atoms. The van der Waals surface area contributed by atoms with Crippen LogP contribution < -0.4 is 0 Å². The minimum atomic E-state index is -2.35. The minimum absolute atomic E-state index is 0.210. The summed E-state index contributed by atoms with van der Waals surface area (Å²) < 4.78 is 80.9. The highest BCUT2D eigenvalue weighted by Gasteiger charge is 2.34. The second-order valence-electron chi connectivity index (χ2n) is 4.18. The Hall–Kier alpha value is 1.90. The molecule has 170 valence electrons. The van der Waals surface area contributed by atoms with Crippen molar-refractivity contribution < 1.29 is 34.1 Å². The first-order valence-corrected chi connectivity index (χ1v) is 20.0. The highest BCUT2D eigenvalue weighted by molar-refractivity contribution is 8.76. The Morgan fingerprint density at radius 2 is 0.733 bits per heavy atom. The van der Waals surface area contributed by atoms with Crippen molar-refractivity contribution in [2.24, 2.45) is 0 Å². The fourth-order valence-corrected chi connectivity index (χ4v) is 12.8. The van der Waals surface area contributed by atoms with Crippen molar-refractivity contribution in [3.05, 3.63) is 0 Å². The maximum atomic E-state index is 11.9. The normalized spacial score (nSPS) is 17.9. The number of rotatable bonds is 9. The van der Waals surface area contributed by atoms with Crippen molar-refractivity contribution >= 4 is 146 Å². The largest absolute Gasteiger partial charge is 0.433 e. The average Bonchev–Trinajstić information content (AvgIpc) is 3.18. The molecule has 30 heavy (non-hydrogen) atoms. The van der Waals surface area contributed by atoms with E-state index in [9.17, 15) is 25.3 Å². The number of hydrogen-bond acceptors (Lipinski definition) is 10. The summed E-state index contributed by atoms with van der Waals surface area (Å²) in [5.41, 5.74) is 0. The molecule has 6 atom stereocenters. The lowest BCUT2D eigenvalue weighted by molar-refractivity contribution is 0.376. The van der Waals surface area contributed by atoms with Crippen LogP contribution in [0.3, 0.4) is 0 Å². The maximum absolute atomic E-state index is 11.9. The Kier molecular flexibility index (Phi) is 11.3. The average molecular weight is 693 g/mol. The van der Waals surface area contributed by atoms with Crippen LogP contribution in [0.2, 0.25) is 0 Å². The fraction of sp³-hybridized carbons (Fsp3) is 0. The van der Waals surface area contributed by atoms with E-state index in [0.717, 1.165) is 0 Å². The first kappa shape index (κ1) is 28.1. The molecular formula is C8Cl6O8S8. The number of furan rings is 2. The van der Waals surface area contributed by atoms with Crippen LogP contribution >= 0.6 is 85.7 Å². The van der Waals surface area contributed by atoms with Crippen LogP contribution in [-0.4, -0.2) is 25.3 Å². The highest BCUT2D eigenvalue weighted by Crippen LogP contribution is 2.51. The van der Waals surface area contributed by atoms with Gasteiger partial charge in [-0.15, -0.1) is 0 Å². The Bertz CT molecular complexity index is 1050. The van der Waals surface area contributed by atoms with E-state index in [-0.39, 0.29) is 9.79 Å². The predicted molar refractivity (Wildman–Crippen MR) is 123 cm³/mol. The third kappa shape index (κ3) is 6.31. The Balaban J connectivity index is 2.67. The van der Waals surface area contributed by atoms with Gasteiger partial charge in [0.05, 0.1) is 9.79 Å². The van der Waals surface area contributed by atoms with E-state index in [1.54, 1.807) is 0 Å². The quantitative estimate of drug-likeness (QED) is 0.254. The summed E-state index contributed by atoms with van der Waals surface area (Å²) in [4.78, 5) is -1.20. The van der Waals surface area contributed by atoms with Crippen LogP contribution in [0.5, 0.6) is 0 Å². The zero-order valence-electron chi connectivity index (χ0n) is 12.8. The van der Waals surface area contributed by atoms with Gasteiger partial charge in [0.2, 0.25) is 20.4 Å². The molecule has 22 heteroatoms. The molecule has 2 aromatic heterocycles. The van der Waals surface area contributed by atoms with Gasteiger partial charge < -0.3 is 8.83 Å². The zero-order valence-corrected chi connectivity index (χ0v) is 23.9. The monoisotopic (exact) mass is 690 g/mol. The van der Waals surface area contributed by atoms with Crippen LogP contribution in [0, 0.1) is 0 Å². The van der Waals surface area contributed by atoms with Gasteiger partial charge in [-0.2, -0.15) is 0 Å². The van der Waals surface area contributed by atoms with Gasteiger partial charge >= 0.3 is 0 Å². The van der Waals surface area contributed by atoms with Gasteiger partial charge in [-0.05, 0) is 85.7 Å². The lowest BCUT2D eigenvalue weighted by atomic mass is 10.6. The topological polar surface area (TPSA) is 129 Å². The number of halogens is 6. The molecule has 0 spiro atoms. The summed E-state index contributed by atoms with van der Waals surface area (Å²) in [6.07, 6.45) is 0. The van der Waals surface area contributed by atoms with E-state index in [1.165, 1.54) is 0 Å². The molecule has 0 saturated carbocycles. The lowest BCUT2D eigenvalue weighted by Gasteiger charge is -2.02. The summed E-state index contributed by atoms with van der Waals surface area (Å²) in [5, 5.41) is -2.11. The van der Waals surface area contributed by atoms with Crippen molar-refractivity contribution in [3.8, 4) is 0 Å². The third-order valence-electron chi connectivity index (χ3n) is 2.64. The molecular weight excluding hydrogens is 693 g/mol. The van der Waals surface area contributed by atoms with E-state index in [0.29, 0.717) is 21.6 Å². The molecule has 6 unspecified atom stereocenters. The van der Waals surface area contributed by atoms with E-state index in [1.807, 2.05) is 0 Å². The Labute approximate surface area is 217 Å². The molecule has 0 aliphatic heterocycles.